The van der Waals surface area contributed by atoms with Crippen molar-refractivity contribution < 1.29 is 19.1 Å². The average molecular weight is 553 g/mol. The quantitative estimate of drug-likeness (QED) is 0.511. The van der Waals surface area contributed by atoms with Gasteiger partial charge in [0, 0.05) is 36.7 Å². The van der Waals surface area contributed by atoms with Crippen molar-refractivity contribution in [3.8, 4) is 11.6 Å². The molecule has 3 amide bonds. The molecule has 206 valence electrons. The molecule has 1 aromatic carbocycles. The van der Waals surface area contributed by atoms with E-state index in [1.807, 2.05) is 0 Å². The molecule has 0 saturated carbocycles. The third-order valence-corrected chi connectivity index (χ3v) is 6.51. The van der Waals surface area contributed by atoms with E-state index in [4.69, 9.17) is 16.3 Å². The molecule has 1 atom stereocenters. The largest absolute Gasteiger partial charge is 0.491 e. The van der Waals surface area contributed by atoms with Crippen LogP contribution in [0.4, 0.5) is 0 Å². The Labute approximate surface area is 232 Å². The average Bonchev–Trinajstić information content (AvgIpc) is 3.45. The monoisotopic (exact) mass is 552 g/mol. The molecule has 1 aliphatic heterocycles. The fourth-order valence-corrected chi connectivity index (χ4v) is 4.57. The molecule has 0 saturated heterocycles. The van der Waals surface area contributed by atoms with Crippen molar-refractivity contribution >= 4 is 29.3 Å². The summed E-state index contributed by atoms with van der Waals surface area (Å²) in [5.74, 6) is 0.463. The maximum Gasteiger partial charge on any atom is 0.255 e. The van der Waals surface area contributed by atoms with Crippen LogP contribution >= 0.6 is 11.6 Å². The fourth-order valence-electron chi connectivity index (χ4n) is 4.40. The van der Waals surface area contributed by atoms with Crippen LogP contribution in [0.2, 0.25) is 5.02 Å². The first kappa shape index (κ1) is 28.1. The Morgan fingerprint density at radius 3 is 2.77 bits per heavy atom. The number of amides is 3. The van der Waals surface area contributed by atoms with Crippen LogP contribution < -0.4 is 15.4 Å². The van der Waals surface area contributed by atoms with E-state index in [1.54, 1.807) is 53.6 Å². The number of pyridine rings is 1. The minimum absolute atomic E-state index is 0.102. The lowest BCUT2D eigenvalue weighted by molar-refractivity contribution is -0.122. The van der Waals surface area contributed by atoms with E-state index in [-0.39, 0.29) is 42.8 Å². The van der Waals surface area contributed by atoms with E-state index in [9.17, 15) is 14.4 Å². The number of fused-ring (bicyclic) bond motifs is 1. The van der Waals surface area contributed by atoms with Gasteiger partial charge in [-0.05, 0) is 55.5 Å². The minimum atomic E-state index is -0.317. The van der Waals surface area contributed by atoms with Crippen molar-refractivity contribution in [3.05, 3.63) is 71.4 Å². The lowest BCUT2D eigenvalue weighted by Gasteiger charge is -2.25. The minimum Gasteiger partial charge on any atom is -0.491 e. The number of nitrogens with one attached hydrogen (secondary N) is 2. The van der Waals surface area contributed by atoms with E-state index in [0.717, 1.165) is 0 Å². The summed E-state index contributed by atoms with van der Waals surface area (Å²) in [5, 5.41) is 6.36. The summed E-state index contributed by atoms with van der Waals surface area (Å²) >= 11 is 6.15. The molecule has 0 aliphatic carbocycles. The summed E-state index contributed by atoms with van der Waals surface area (Å²) in [4.78, 5) is 49.3. The zero-order chi connectivity index (χ0) is 27.8. The van der Waals surface area contributed by atoms with Crippen LogP contribution in [0.5, 0.6) is 5.75 Å². The number of carbonyl (C=O) groups is 3. The van der Waals surface area contributed by atoms with E-state index in [2.05, 4.69) is 34.4 Å². The molecule has 0 radical (unpaired) electrons. The number of nitrogens with zero attached hydrogens (tertiary/aromatic N) is 4. The van der Waals surface area contributed by atoms with Crippen molar-refractivity contribution in [2.45, 2.75) is 39.2 Å². The highest BCUT2D eigenvalue weighted by Gasteiger charge is 2.23. The van der Waals surface area contributed by atoms with Crippen LogP contribution in [0.25, 0.3) is 5.82 Å². The first-order chi connectivity index (χ1) is 18.8. The number of halogens is 1. The third kappa shape index (κ3) is 7.79. The maximum atomic E-state index is 13.4. The molecular weight excluding hydrogens is 520 g/mol. The Hall–Kier alpha value is -3.92. The number of aromatic nitrogens is 3. The van der Waals surface area contributed by atoms with Gasteiger partial charge in [-0.2, -0.15) is 0 Å². The Balaban J connectivity index is 1.52. The van der Waals surface area contributed by atoms with E-state index in [1.165, 1.54) is 11.1 Å². The predicted molar refractivity (Wildman–Crippen MR) is 147 cm³/mol. The first-order valence-electron chi connectivity index (χ1n) is 13.0. The predicted octanol–water partition coefficient (Wildman–Crippen LogP) is 3.50. The van der Waals surface area contributed by atoms with Gasteiger partial charge in [0.15, 0.2) is 0 Å². The molecule has 0 spiro atoms. The maximum absolute atomic E-state index is 13.4. The number of imidazole rings is 1. The van der Waals surface area contributed by atoms with Crippen LogP contribution in [-0.2, 0) is 4.79 Å². The summed E-state index contributed by atoms with van der Waals surface area (Å²) < 4.78 is 7.75. The first-order valence-corrected chi connectivity index (χ1v) is 13.4. The van der Waals surface area contributed by atoms with E-state index >= 15 is 0 Å². The van der Waals surface area contributed by atoms with Crippen LogP contribution in [0.15, 0.2) is 55.2 Å². The summed E-state index contributed by atoms with van der Waals surface area (Å²) in [6.45, 7) is 4.92. The number of hydrogen-bond donors (Lipinski definition) is 2. The Kier molecular flexibility index (Phi) is 9.54. The van der Waals surface area contributed by atoms with Gasteiger partial charge in [0.25, 0.3) is 11.8 Å². The fraction of sp³-hybridized carbons (Fsp3) is 0.393. The molecule has 3 aromatic rings. The highest BCUT2D eigenvalue weighted by atomic mass is 35.5. The lowest BCUT2D eigenvalue weighted by Crippen LogP contribution is -2.46. The van der Waals surface area contributed by atoms with Crippen LogP contribution in [0.1, 0.15) is 53.8 Å². The van der Waals surface area contributed by atoms with Gasteiger partial charge in [-0.25, -0.2) is 9.97 Å². The van der Waals surface area contributed by atoms with Gasteiger partial charge in [-0.15, -0.1) is 0 Å². The van der Waals surface area contributed by atoms with Crippen molar-refractivity contribution in [2.24, 2.45) is 5.92 Å². The summed E-state index contributed by atoms with van der Waals surface area (Å²) in [5.41, 5.74) is 0.725. The highest BCUT2D eigenvalue weighted by molar-refractivity contribution is 6.31. The number of hydrogen-bond acceptors (Lipinski definition) is 6. The van der Waals surface area contributed by atoms with Gasteiger partial charge in [0.1, 0.15) is 24.5 Å². The van der Waals surface area contributed by atoms with Gasteiger partial charge in [0.05, 0.1) is 23.7 Å². The van der Waals surface area contributed by atoms with Crippen LogP contribution in [0, 0.1) is 5.92 Å². The van der Waals surface area contributed by atoms with E-state index < -0.39 is 0 Å². The van der Waals surface area contributed by atoms with Gasteiger partial charge in [-0.1, -0.05) is 25.4 Å². The number of ether oxygens (including phenoxy) is 1. The third-order valence-electron chi connectivity index (χ3n) is 6.27. The Bertz CT molecular complexity index is 1280. The van der Waals surface area contributed by atoms with Gasteiger partial charge in [0.2, 0.25) is 5.91 Å². The number of carbonyl (C=O) groups excluding carboxylic acids is 3. The second-order valence-electron chi connectivity index (χ2n) is 9.91. The second-order valence-corrected chi connectivity index (χ2v) is 10.3. The standard InChI is InChI=1S/C28H33ClN6O4/c1-19(2)13-22-17-39-24-7-6-21(29)14-23(24)27(37)31-9-3-4-11-34(16-26(36)33-22)28(38)20-5-8-25(32-15-20)35-12-10-30-18-35/h5-8,10,12,14-15,18-19,22H,3-4,9,11,13,16-17H2,1-2H3,(H,31,37)(H,33,36)/t22-/m0/s1. The molecule has 2 aromatic heterocycles. The van der Waals surface area contributed by atoms with Crippen molar-refractivity contribution in [2.75, 3.05) is 26.2 Å². The Morgan fingerprint density at radius 2 is 2.05 bits per heavy atom. The molecule has 3 heterocycles. The normalized spacial score (nSPS) is 17.3. The van der Waals surface area contributed by atoms with Gasteiger partial charge < -0.3 is 20.3 Å². The van der Waals surface area contributed by atoms with Gasteiger partial charge >= 0.3 is 0 Å². The van der Waals surface area contributed by atoms with Gasteiger partial charge in [-0.3, -0.25) is 19.0 Å². The second kappa shape index (κ2) is 13.2. The molecule has 0 bridgehead atoms. The van der Waals surface area contributed by atoms with Crippen LogP contribution in [0.3, 0.4) is 0 Å². The number of benzene rings is 1. The highest BCUT2D eigenvalue weighted by Crippen LogP contribution is 2.24. The molecule has 2 N–H and O–H groups in total. The summed E-state index contributed by atoms with van der Waals surface area (Å²) in [6.07, 6.45) is 8.41. The summed E-state index contributed by atoms with van der Waals surface area (Å²) in [6, 6.07) is 8.01. The molecule has 10 nitrogen and oxygen atoms in total. The number of rotatable bonds is 4. The Morgan fingerprint density at radius 1 is 1.21 bits per heavy atom. The molecular formula is C28H33ClN6O4. The van der Waals surface area contributed by atoms with E-state index in [0.29, 0.717) is 60.1 Å². The molecule has 1 aliphatic rings. The molecule has 39 heavy (non-hydrogen) atoms. The topological polar surface area (TPSA) is 118 Å². The molecule has 0 unspecified atom stereocenters. The van der Waals surface area contributed by atoms with Crippen molar-refractivity contribution in [1.29, 1.82) is 0 Å². The SMILES string of the molecule is CC(C)C[C@H]1COc2ccc(Cl)cc2C(=O)NCCCCN(C(=O)c2ccc(-n3ccnc3)nc2)CC(=O)N1. The summed E-state index contributed by atoms with van der Waals surface area (Å²) in [7, 11) is 0. The zero-order valence-corrected chi connectivity index (χ0v) is 22.9. The molecule has 0 fully saturated rings. The smallest absolute Gasteiger partial charge is 0.255 e. The van der Waals surface area contributed by atoms with Crippen molar-refractivity contribution in [3.63, 3.8) is 0 Å². The molecule has 4 rings (SSSR count). The lowest BCUT2D eigenvalue weighted by atomic mass is 10.0. The van der Waals surface area contributed by atoms with Crippen molar-refractivity contribution in [1.82, 2.24) is 30.1 Å². The zero-order valence-electron chi connectivity index (χ0n) is 22.1. The molecule has 11 heteroatoms. The van der Waals surface area contributed by atoms with Crippen LogP contribution in [-0.4, -0.2) is 69.4 Å².